The van der Waals surface area contributed by atoms with E-state index >= 15 is 0 Å². The highest BCUT2D eigenvalue weighted by molar-refractivity contribution is 5.75. The largest absolute Gasteiger partial charge is 0.323 e. The molecule has 1 fully saturated rings. The van der Waals surface area contributed by atoms with Gasteiger partial charge in [-0.2, -0.15) is 0 Å². The first kappa shape index (κ1) is 12.4. The Bertz CT molecular complexity index is 567. The van der Waals surface area contributed by atoms with Gasteiger partial charge in [0.05, 0.1) is 17.6 Å². The number of fused-ring (bicyclic) bond motifs is 1. The van der Waals surface area contributed by atoms with E-state index in [2.05, 4.69) is 39.6 Å². The summed E-state index contributed by atoms with van der Waals surface area (Å²) < 4.78 is 2.27. The molecule has 1 aliphatic rings. The van der Waals surface area contributed by atoms with E-state index in [1.807, 2.05) is 12.1 Å². The molecule has 1 saturated heterocycles. The van der Waals surface area contributed by atoms with E-state index in [9.17, 15) is 0 Å². The van der Waals surface area contributed by atoms with Crippen molar-refractivity contribution < 1.29 is 0 Å². The predicted octanol–water partition coefficient (Wildman–Crippen LogP) is 1.63. The van der Waals surface area contributed by atoms with Gasteiger partial charge in [0.25, 0.3) is 0 Å². The fraction of sp³-hybridized carbons (Fsp3) is 0.400. The van der Waals surface area contributed by atoms with Crippen molar-refractivity contribution in [1.29, 1.82) is 0 Å². The molecule has 1 aliphatic heterocycles. The molecule has 1 aromatic carbocycles. The first-order chi connectivity index (χ1) is 9.38. The zero-order valence-corrected chi connectivity index (χ0v) is 11.2. The number of rotatable bonds is 4. The van der Waals surface area contributed by atoms with Crippen LogP contribution in [-0.4, -0.2) is 40.6 Å². The SMILES string of the molecule is C=CCn1c(CN2CCNCC2)nc2ccccc21. The molecule has 4 nitrogen and oxygen atoms in total. The molecule has 3 rings (SSSR count). The van der Waals surface area contributed by atoms with Gasteiger partial charge in [-0.05, 0) is 12.1 Å². The molecule has 0 radical (unpaired) electrons. The number of piperazine rings is 1. The van der Waals surface area contributed by atoms with Crippen molar-refractivity contribution in [3.05, 3.63) is 42.7 Å². The molecule has 0 saturated carbocycles. The second kappa shape index (κ2) is 5.55. The lowest BCUT2D eigenvalue weighted by Crippen LogP contribution is -2.43. The van der Waals surface area contributed by atoms with Crippen LogP contribution < -0.4 is 5.32 Å². The van der Waals surface area contributed by atoms with Crippen LogP contribution in [0.2, 0.25) is 0 Å². The lowest BCUT2D eigenvalue weighted by atomic mass is 10.3. The Balaban J connectivity index is 1.92. The molecule has 4 heteroatoms. The first-order valence-electron chi connectivity index (χ1n) is 6.86. The van der Waals surface area contributed by atoms with E-state index in [1.165, 1.54) is 5.52 Å². The molecule has 0 atom stereocenters. The van der Waals surface area contributed by atoms with Crippen LogP contribution in [0.5, 0.6) is 0 Å². The van der Waals surface area contributed by atoms with Crippen LogP contribution in [0.15, 0.2) is 36.9 Å². The first-order valence-corrected chi connectivity index (χ1v) is 6.86. The Morgan fingerprint density at radius 2 is 2.05 bits per heavy atom. The average molecular weight is 256 g/mol. The highest BCUT2D eigenvalue weighted by Crippen LogP contribution is 2.17. The highest BCUT2D eigenvalue weighted by Gasteiger charge is 2.15. The van der Waals surface area contributed by atoms with Gasteiger partial charge in [-0.15, -0.1) is 6.58 Å². The van der Waals surface area contributed by atoms with Crippen LogP contribution in [0.25, 0.3) is 11.0 Å². The van der Waals surface area contributed by atoms with Crippen molar-refractivity contribution >= 4 is 11.0 Å². The lowest BCUT2D eigenvalue weighted by molar-refractivity contribution is 0.226. The predicted molar refractivity (Wildman–Crippen MR) is 78.1 cm³/mol. The summed E-state index contributed by atoms with van der Waals surface area (Å²) in [6.07, 6.45) is 1.94. The van der Waals surface area contributed by atoms with Gasteiger partial charge < -0.3 is 9.88 Å². The van der Waals surface area contributed by atoms with Gasteiger partial charge in [-0.1, -0.05) is 18.2 Å². The van der Waals surface area contributed by atoms with Gasteiger partial charge in [0, 0.05) is 32.7 Å². The quantitative estimate of drug-likeness (QED) is 0.844. The third kappa shape index (κ3) is 2.55. The second-order valence-corrected chi connectivity index (χ2v) is 4.94. The standard InChI is InChI=1S/C15H20N4/c1-2-9-19-14-6-4-3-5-13(14)17-15(19)12-18-10-7-16-8-11-18/h2-6,16H,1,7-12H2. The molecular formula is C15H20N4. The van der Waals surface area contributed by atoms with Crippen molar-refractivity contribution in [2.75, 3.05) is 26.2 Å². The minimum atomic E-state index is 0.821. The van der Waals surface area contributed by atoms with E-state index in [-0.39, 0.29) is 0 Å². The Hall–Kier alpha value is -1.65. The lowest BCUT2D eigenvalue weighted by Gasteiger charge is -2.26. The summed E-state index contributed by atoms with van der Waals surface area (Å²) in [6, 6.07) is 8.32. The summed E-state index contributed by atoms with van der Waals surface area (Å²) in [6.45, 7) is 9.93. The third-order valence-electron chi connectivity index (χ3n) is 3.62. The highest BCUT2D eigenvalue weighted by atomic mass is 15.2. The molecule has 1 aromatic heterocycles. The summed E-state index contributed by atoms with van der Waals surface area (Å²) in [5, 5.41) is 3.38. The topological polar surface area (TPSA) is 33.1 Å². The van der Waals surface area contributed by atoms with Crippen LogP contribution in [-0.2, 0) is 13.1 Å². The van der Waals surface area contributed by atoms with Crippen LogP contribution in [0, 0.1) is 0 Å². The molecule has 1 N–H and O–H groups in total. The van der Waals surface area contributed by atoms with Gasteiger partial charge in [0.1, 0.15) is 5.82 Å². The fourth-order valence-corrected chi connectivity index (χ4v) is 2.65. The molecule has 2 heterocycles. The van der Waals surface area contributed by atoms with Gasteiger partial charge in [-0.25, -0.2) is 4.98 Å². The Morgan fingerprint density at radius 3 is 2.84 bits per heavy atom. The van der Waals surface area contributed by atoms with E-state index in [4.69, 9.17) is 4.98 Å². The Morgan fingerprint density at radius 1 is 1.26 bits per heavy atom. The summed E-state index contributed by atoms with van der Waals surface area (Å²) >= 11 is 0. The van der Waals surface area contributed by atoms with E-state index in [0.717, 1.165) is 50.6 Å². The van der Waals surface area contributed by atoms with Crippen LogP contribution in [0.1, 0.15) is 5.82 Å². The van der Waals surface area contributed by atoms with Crippen molar-refractivity contribution in [2.45, 2.75) is 13.1 Å². The summed E-state index contributed by atoms with van der Waals surface area (Å²) in [4.78, 5) is 7.23. The maximum Gasteiger partial charge on any atom is 0.124 e. The van der Waals surface area contributed by atoms with E-state index in [1.54, 1.807) is 0 Å². The number of imidazole rings is 1. The molecule has 19 heavy (non-hydrogen) atoms. The summed E-state index contributed by atoms with van der Waals surface area (Å²) in [5.74, 6) is 1.14. The maximum absolute atomic E-state index is 4.78. The molecule has 0 spiro atoms. The van der Waals surface area contributed by atoms with E-state index < -0.39 is 0 Å². The monoisotopic (exact) mass is 256 g/mol. The minimum absolute atomic E-state index is 0.821. The number of nitrogens with one attached hydrogen (secondary N) is 1. The maximum atomic E-state index is 4.78. The number of allylic oxidation sites excluding steroid dienone is 1. The molecule has 0 aliphatic carbocycles. The summed E-state index contributed by atoms with van der Waals surface area (Å²) in [7, 11) is 0. The molecule has 100 valence electrons. The van der Waals surface area contributed by atoms with Crippen molar-refractivity contribution in [2.24, 2.45) is 0 Å². The normalized spacial score (nSPS) is 16.8. The minimum Gasteiger partial charge on any atom is -0.323 e. The van der Waals surface area contributed by atoms with Crippen LogP contribution in [0.3, 0.4) is 0 Å². The zero-order valence-electron chi connectivity index (χ0n) is 11.2. The van der Waals surface area contributed by atoms with Crippen LogP contribution in [0.4, 0.5) is 0 Å². The van der Waals surface area contributed by atoms with Gasteiger partial charge >= 0.3 is 0 Å². The number of aromatic nitrogens is 2. The number of benzene rings is 1. The Labute approximate surface area is 113 Å². The van der Waals surface area contributed by atoms with Gasteiger partial charge in [0.15, 0.2) is 0 Å². The van der Waals surface area contributed by atoms with Gasteiger partial charge in [0.2, 0.25) is 0 Å². The fourth-order valence-electron chi connectivity index (χ4n) is 2.65. The number of hydrogen-bond acceptors (Lipinski definition) is 3. The molecule has 0 unspecified atom stereocenters. The number of para-hydroxylation sites is 2. The van der Waals surface area contributed by atoms with Gasteiger partial charge in [-0.3, -0.25) is 4.90 Å². The van der Waals surface area contributed by atoms with E-state index in [0.29, 0.717) is 0 Å². The Kier molecular flexibility index (Phi) is 3.62. The van der Waals surface area contributed by atoms with Crippen LogP contribution >= 0.6 is 0 Å². The second-order valence-electron chi connectivity index (χ2n) is 4.94. The smallest absolute Gasteiger partial charge is 0.124 e. The molecular weight excluding hydrogens is 236 g/mol. The number of hydrogen-bond donors (Lipinski definition) is 1. The molecule has 0 amide bonds. The number of nitrogens with zero attached hydrogens (tertiary/aromatic N) is 3. The summed E-state index contributed by atoms with van der Waals surface area (Å²) in [5.41, 5.74) is 2.28. The molecule has 0 bridgehead atoms. The van der Waals surface area contributed by atoms with Crippen molar-refractivity contribution in [3.63, 3.8) is 0 Å². The molecule has 2 aromatic rings. The average Bonchev–Trinajstić information content (AvgIpc) is 2.79. The van der Waals surface area contributed by atoms with Crippen molar-refractivity contribution in [1.82, 2.24) is 19.8 Å². The third-order valence-corrected chi connectivity index (χ3v) is 3.62. The zero-order chi connectivity index (χ0) is 13.1. The van der Waals surface area contributed by atoms with Crippen molar-refractivity contribution in [3.8, 4) is 0 Å².